The fourth-order valence-corrected chi connectivity index (χ4v) is 5.14. The zero-order chi connectivity index (χ0) is 24.0. The van der Waals surface area contributed by atoms with E-state index in [1.807, 2.05) is 18.3 Å². The third kappa shape index (κ3) is 5.82. The first kappa shape index (κ1) is 24.8. The first-order valence-corrected chi connectivity index (χ1v) is 12.3. The number of hydrogen-bond acceptors (Lipinski definition) is 6. The Bertz CT molecular complexity index is 1080. The number of benzene rings is 1. The summed E-state index contributed by atoms with van der Waals surface area (Å²) in [5.41, 5.74) is 1.91. The molecule has 8 heteroatoms. The molecule has 6 nitrogen and oxygen atoms in total. The van der Waals surface area contributed by atoms with Gasteiger partial charge in [0.25, 0.3) is 0 Å². The Labute approximate surface area is 205 Å². The van der Waals surface area contributed by atoms with Gasteiger partial charge >= 0.3 is 0 Å². The lowest BCUT2D eigenvalue weighted by Gasteiger charge is -2.41. The van der Waals surface area contributed by atoms with Crippen molar-refractivity contribution in [1.82, 2.24) is 19.9 Å². The Morgan fingerprint density at radius 1 is 1.21 bits per heavy atom. The third-order valence-corrected chi connectivity index (χ3v) is 7.39. The van der Waals surface area contributed by atoms with Crippen LogP contribution in [0.1, 0.15) is 49.5 Å². The van der Waals surface area contributed by atoms with E-state index in [4.69, 9.17) is 16.3 Å². The zero-order valence-corrected chi connectivity index (χ0v) is 20.3. The van der Waals surface area contributed by atoms with Crippen LogP contribution in [0.25, 0.3) is 10.9 Å². The molecule has 0 spiro atoms. The summed E-state index contributed by atoms with van der Waals surface area (Å²) in [7, 11) is 1.58. The maximum absolute atomic E-state index is 15.6. The van der Waals surface area contributed by atoms with Gasteiger partial charge < -0.3 is 14.7 Å². The van der Waals surface area contributed by atoms with Gasteiger partial charge in [0, 0.05) is 42.3 Å². The Morgan fingerprint density at radius 2 is 2.03 bits per heavy atom. The van der Waals surface area contributed by atoms with Crippen LogP contribution in [-0.4, -0.2) is 58.3 Å². The predicted molar refractivity (Wildman–Crippen MR) is 132 cm³/mol. The van der Waals surface area contributed by atoms with Crippen molar-refractivity contribution in [2.24, 2.45) is 5.41 Å². The molecule has 3 aromatic rings. The topological polar surface area (TPSA) is 71.4 Å². The number of nitrogens with zero attached hydrogens (tertiary/aromatic N) is 4. The molecule has 0 aliphatic carbocycles. The molecule has 0 radical (unpaired) electrons. The highest BCUT2D eigenvalue weighted by atomic mass is 35.5. The molecule has 0 unspecified atom stereocenters. The average molecular weight is 487 g/mol. The number of aliphatic hydroxyl groups excluding tert-OH is 1. The van der Waals surface area contributed by atoms with Gasteiger partial charge in [-0.25, -0.2) is 4.39 Å². The maximum Gasteiger partial charge on any atom is 0.127 e. The molecule has 1 saturated heterocycles. The van der Waals surface area contributed by atoms with E-state index in [0.29, 0.717) is 40.1 Å². The van der Waals surface area contributed by atoms with Crippen molar-refractivity contribution in [3.63, 3.8) is 0 Å². The second-order valence-corrected chi connectivity index (χ2v) is 9.62. The van der Waals surface area contributed by atoms with Gasteiger partial charge in [-0.15, -0.1) is 0 Å². The van der Waals surface area contributed by atoms with E-state index in [1.165, 1.54) is 6.20 Å². The SMILES string of the molecule is COc1ccc2ncc(Cl)c([C@H](F)CCC3(CO)CCN(CCCc4cnccn4)CC3)c2c1. The molecular formula is C26H32ClFN4O2. The van der Waals surface area contributed by atoms with Crippen molar-refractivity contribution in [3.05, 3.63) is 59.3 Å². The molecule has 34 heavy (non-hydrogen) atoms. The first-order chi connectivity index (χ1) is 16.5. The van der Waals surface area contributed by atoms with Gasteiger partial charge in [-0.1, -0.05) is 11.6 Å². The van der Waals surface area contributed by atoms with Crippen LogP contribution >= 0.6 is 11.6 Å². The lowest BCUT2D eigenvalue weighted by molar-refractivity contribution is 0.0300. The van der Waals surface area contributed by atoms with E-state index in [9.17, 15) is 5.11 Å². The molecule has 1 aliphatic heterocycles. The van der Waals surface area contributed by atoms with Crippen molar-refractivity contribution in [2.45, 2.75) is 44.7 Å². The zero-order valence-electron chi connectivity index (χ0n) is 19.6. The number of pyridine rings is 1. The van der Waals surface area contributed by atoms with Gasteiger partial charge in [0.15, 0.2) is 0 Å². The molecule has 0 bridgehead atoms. The number of piperidine rings is 1. The second kappa shape index (κ2) is 11.4. The van der Waals surface area contributed by atoms with Crippen LogP contribution < -0.4 is 4.74 Å². The van der Waals surface area contributed by atoms with Crippen LogP contribution in [0, 0.1) is 5.41 Å². The smallest absolute Gasteiger partial charge is 0.127 e. The number of aromatic nitrogens is 3. The van der Waals surface area contributed by atoms with Gasteiger partial charge in [0.05, 0.1) is 23.3 Å². The molecule has 182 valence electrons. The highest BCUT2D eigenvalue weighted by Crippen LogP contribution is 2.41. The second-order valence-electron chi connectivity index (χ2n) is 9.21. The maximum atomic E-state index is 15.6. The molecular weight excluding hydrogens is 455 g/mol. The van der Waals surface area contributed by atoms with E-state index in [1.54, 1.807) is 25.6 Å². The van der Waals surface area contributed by atoms with Gasteiger partial charge in [0.2, 0.25) is 0 Å². The molecule has 0 saturated carbocycles. The van der Waals surface area contributed by atoms with E-state index in [0.717, 1.165) is 51.0 Å². The fraction of sp³-hybridized carbons (Fsp3) is 0.500. The van der Waals surface area contributed by atoms with Crippen LogP contribution in [0.2, 0.25) is 5.02 Å². The Morgan fingerprint density at radius 3 is 2.74 bits per heavy atom. The van der Waals surface area contributed by atoms with E-state index in [-0.39, 0.29) is 12.0 Å². The van der Waals surface area contributed by atoms with Gasteiger partial charge in [-0.2, -0.15) is 0 Å². The standard InChI is InChI=1S/C26H32ClFN4O2/c1-34-20-4-5-24-21(15-20)25(22(27)17-31-24)23(28)6-7-26(18-33)8-13-32(14-9-26)12-2-3-19-16-29-10-11-30-19/h4-5,10-11,15-17,23,33H,2-3,6-9,12-14,18H2,1H3/t23-/m1/s1. The van der Waals surface area contributed by atoms with Gasteiger partial charge in [0.1, 0.15) is 11.9 Å². The number of hydrogen-bond donors (Lipinski definition) is 1. The lowest BCUT2D eigenvalue weighted by Crippen LogP contribution is -2.42. The van der Waals surface area contributed by atoms with E-state index in [2.05, 4.69) is 19.9 Å². The van der Waals surface area contributed by atoms with Crippen LogP contribution in [0.15, 0.2) is 43.0 Å². The molecule has 1 aliphatic rings. The number of aliphatic hydroxyl groups is 1. The number of methoxy groups -OCH3 is 1. The summed E-state index contributed by atoms with van der Waals surface area (Å²) in [4.78, 5) is 15.2. The van der Waals surface area contributed by atoms with Gasteiger partial charge in [-0.05, 0) is 81.8 Å². The Balaban J connectivity index is 1.34. The number of rotatable bonds is 10. The summed E-state index contributed by atoms with van der Waals surface area (Å²) in [6, 6.07) is 5.41. The minimum absolute atomic E-state index is 0.0752. The molecule has 1 N–H and O–H groups in total. The van der Waals surface area contributed by atoms with Gasteiger partial charge in [-0.3, -0.25) is 15.0 Å². The number of likely N-dealkylation sites (tertiary alicyclic amines) is 1. The van der Waals surface area contributed by atoms with Crippen molar-refractivity contribution >= 4 is 22.5 Å². The summed E-state index contributed by atoms with van der Waals surface area (Å²) < 4.78 is 20.9. The highest BCUT2D eigenvalue weighted by Gasteiger charge is 2.35. The van der Waals surface area contributed by atoms with Crippen LogP contribution in [0.3, 0.4) is 0 Å². The van der Waals surface area contributed by atoms with Crippen molar-refractivity contribution in [2.75, 3.05) is 33.4 Å². The monoisotopic (exact) mass is 486 g/mol. The summed E-state index contributed by atoms with van der Waals surface area (Å²) in [5, 5.41) is 11.2. The summed E-state index contributed by atoms with van der Waals surface area (Å²) in [5.74, 6) is 0.642. The van der Waals surface area contributed by atoms with Crippen molar-refractivity contribution < 1.29 is 14.2 Å². The number of ether oxygens (including phenoxy) is 1. The summed E-state index contributed by atoms with van der Waals surface area (Å²) >= 11 is 6.39. The minimum Gasteiger partial charge on any atom is -0.497 e. The minimum atomic E-state index is -1.24. The number of halogens is 2. The Kier molecular flexibility index (Phi) is 8.29. The molecule has 4 rings (SSSR count). The van der Waals surface area contributed by atoms with E-state index >= 15 is 4.39 Å². The summed E-state index contributed by atoms with van der Waals surface area (Å²) in [6.45, 7) is 2.89. The Hall–Kier alpha value is -2.35. The van der Waals surface area contributed by atoms with Crippen LogP contribution in [0.4, 0.5) is 4.39 Å². The van der Waals surface area contributed by atoms with Crippen molar-refractivity contribution in [1.29, 1.82) is 0 Å². The predicted octanol–water partition coefficient (Wildman–Crippen LogP) is 5.18. The fourth-order valence-electron chi connectivity index (χ4n) is 4.87. The molecule has 1 fully saturated rings. The van der Waals surface area contributed by atoms with Crippen molar-refractivity contribution in [3.8, 4) is 5.75 Å². The highest BCUT2D eigenvalue weighted by molar-refractivity contribution is 6.32. The van der Waals surface area contributed by atoms with Crippen LogP contribution in [0.5, 0.6) is 5.75 Å². The molecule has 1 aromatic carbocycles. The molecule has 0 amide bonds. The lowest BCUT2D eigenvalue weighted by atomic mass is 9.74. The average Bonchev–Trinajstić information content (AvgIpc) is 2.88. The van der Waals surface area contributed by atoms with E-state index < -0.39 is 6.17 Å². The normalized spacial score (nSPS) is 17.1. The molecule has 2 aromatic heterocycles. The number of alkyl halides is 1. The molecule has 3 heterocycles. The number of fused-ring (bicyclic) bond motifs is 1. The first-order valence-electron chi connectivity index (χ1n) is 11.9. The largest absolute Gasteiger partial charge is 0.497 e. The number of aryl methyl sites for hydroxylation is 1. The quantitative estimate of drug-likeness (QED) is 0.425. The van der Waals surface area contributed by atoms with Crippen LogP contribution in [-0.2, 0) is 6.42 Å². The molecule has 1 atom stereocenters. The summed E-state index contributed by atoms with van der Waals surface area (Å²) in [6.07, 6.45) is 10.1. The third-order valence-electron chi connectivity index (χ3n) is 7.09.